The van der Waals surface area contributed by atoms with Gasteiger partial charge in [0, 0.05) is 68.7 Å². The Labute approximate surface area is 933 Å². The summed E-state index contributed by atoms with van der Waals surface area (Å²) in [5.41, 5.74) is 16.4. The van der Waals surface area contributed by atoms with Crippen LogP contribution in [0, 0.1) is 21.7 Å². The largest absolute Gasteiger partial charge is 0.0622 e. The summed E-state index contributed by atoms with van der Waals surface area (Å²) in [4.78, 5) is 59.2. The van der Waals surface area contributed by atoms with Crippen molar-refractivity contribution in [3.8, 4) is 23.0 Å². The number of ketones is 4. The molecule has 18 rings (SSSR count). The average Bonchev–Trinajstić information content (AvgIpc) is 1.68. The minimum atomic E-state index is -1.18. The van der Waals surface area contributed by atoms with Gasteiger partial charge in [0.25, 0.3) is 0 Å². The molecule has 0 heterocycles. The predicted octanol–water partition coefficient (Wildman–Crippen LogP) is 32.6. The van der Waals surface area contributed by atoms with Crippen molar-refractivity contribution in [2.75, 3.05) is 34.9 Å². The van der Waals surface area contributed by atoms with Gasteiger partial charge in [0.15, 0.2) is 36.7 Å². The van der Waals surface area contributed by atoms with Gasteiger partial charge < -0.3 is 39.7 Å². The van der Waals surface area contributed by atoms with Gasteiger partial charge in [0.1, 0.15) is 23.0 Å². The molecule has 12 nitrogen and oxygen atoms in total. The van der Waals surface area contributed by atoms with Crippen molar-refractivity contribution < 1.29 is 74.9 Å². The number of halogens is 9. The normalized spacial score (nSPS) is 18.1. The number of carbonyl (C=O) groups is 4. The summed E-state index contributed by atoms with van der Waals surface area (Å²) in [6, 6.07) is 80.2. The maximum absolute atomic E-state index is 12.5. The SMILES string of the molecule is C.C.C.CCCCC12CCc3c(ccc(O)c3Br)C1=C(Br)C(=O)C2.CCCCC12CCc3c(ccc(O)c3Br)C1=C(C)C(=O)C2.CCCCC12CCc3c(ccc(OCOC)c3Br)C1=C(Br)C(=O)C2.CCCCC12CCc3c(ccc(OCOC)c3Br)C1=C(C)C(=O)C2.CO.Cl.O.[CH3][Sn]([CH3])([CH3])[CH3].[Cl][Pd][Cl].c1ccc(P(c2ccccc2)c2ccccc2)cc1.c1ccc(P(c2ccccc2)c2ccccc2)cc1. The minimum absolute atomic E-state index is 0. The quantitative estimate of drug-likeness (QED) is 0.0296. The Morgan fingerprint density at radius 2 is 0.566 bits per heavy atom. The van der Waals surface area contributed by atoms with Crippen LogP contribution in [-0.2, 0) is 70.3 Å². The third kappa shape index (κ3) is 32.1. The zero-order chi connectivity index (χ0) is 100. The third-order valence-electron chi connectivity index (χ3n) is 26.8. The van der Waals surface area contributed by atoms with Crippen LogP contribution in [-0.4, -0.2) is 97.2 Å². The summed E-state index contributed by atoms with van der Waals surface area (Å²) in [6.45, 7) is 13.3. The van der Waals surface area contributed by atoms with Crippen LogP contribution in [0.4, 0.5) is 0 Å². The van der Waals surface area contributed by atoms with Gasteiger partial charge in [-0.05, 0) is 336 Å². The molecule has 0 aliphatic heterocycles. The van der Waals surface area contributed by atoms with E-state index in [0.717, 1.165) is 182 Å². The van der Waals surface area contributed by atoms with E-state index in [0.29, 0.717) is 37.2 Å². The van der Waals surface area contributed by atoms with E-state index in [1.165, 1.54) is 101 Å². The molecule has 5 N–H and O–H groups in total. The van der Waals surface area contributed by atoms with E-state index in [2.05, 4.69) is 337 Å². The second-order valence-corrected chi connectivity index (χ2v) is 66.5. The van der Waals surface area contributed by atoms with Crippen molar-refractivity contribution >= 4 is 239 Å². The molecule has 0 bridgehead atoms. The number of rotatable bonds is 24. The number of aliphatic hydroxyl groups excluding tert-OH is 1. The van der Waals surface area contributed by atoms with Crippen LogP contribution in [0.2, 0.25) is 19.8 Å². The van der Waals surface area contributed by atoms with Crippen molar-refractivity contribution in [1.82, 2.24) is 0 Å². The number of methoxy groups -OCH3 is 2. The number of hydrogen-bond acceptors (Lipinski definition) is 11. The molecule has 0 aromatic heterocycles. The molecule has 0 saturated heterocycles. The fraction of sp³-hybridized carbons (Fsp3) is 0.390. The fourth-order valence-electron chi connectivity index (χ4n) is 20.5. The van der Waals surface area contributed by atoms with E-state index < -0.39 is 34.2 Å². The summed E-state index contributed by atoms with van der Waals surface area (Å²) < 4.78 is 26.4. The zero-order valence-electron chi connectivity index (χ0n) is 82.6. The van der Waals surface area contributed by atoms with Gasteiger partial charge in [0.05, 0.1) is 26.9 Å². The van der Waals surface area contributed by atoms with Crippen molar-refractivity contribution in [2.45, 2.75) is 238 Å². The fourth-order valence-corrected chi connectivity index (χ4v) is 29.1. The Kier molecular flexibility index (Phi) is 55.7. The van der Waals surface area contributed by atoms with Crippen LogP contribution in [0.25, 0.3) is 22.3 Å². The molecule has 4 unspecified atom stereocenters. The van der Waals surface area contributed by atoms with Crippen LogP contribution in [0.3, 0.4) is 0 Å². The van der Waals surface area contributed by atoms with Gasteiger partial charge in [-0.3, -0.25) is 19.2 Å². The van der Waals surface area contributed by atoms with Gasteiger partial charge >= 0.3 is 73.1 Å². The van der Waals surface area contributed by atoms with Crippen LogP contribution >= 0.6 is 143 Å². The Morgan fingerprint density at radius 3 is 0.797 bits per heavy atom. The number of unbranched alkanes of at least 4 members (excludes halogenated alkanes) is 4. The molecule has 0 fully saturated rings. The molecule has 8 aliphatic carbocycles. The summed E-state index contributed by atoms with van der Waals surface area (Å²) >= 11 is 20.3. The number of Topliss-reactive ketones (excluding diaryl/α,β-unsaturated/α-hetero) is 4. The molecule has 0 spiro atoms. The van der Waals surface area contributed by atoms with E-state index >= 15 is 0 Å². The number of aliphatic hydroxyl groups is 1. The number of phenolic OH excluding ortho intramolecular Hbond substituents is 2. The van der Waals surface area contributed by atoms with E-state index in [1.54, 1.807) is 26.4 Å². The van der Waals surface area contributed by atoms with Crippen molar-refractivity contribution in [1.29, 1.82) is 0 Å². The van der Waals surface area contributed by atoms with E-state index in [1.807, 2.05) is 38.1 Å². The van der Waals surface area contributed by atoms with Gasteiger partial charge in [-0.2, -0.15) is 0 Å². The summed E-state index contributed by atoms with van der Waals surface area (Å²) in [5, 5.41) is 35.2. The Hall–Kier alpha value is -5.05. The third-order valence-corrected chi connectivity index (χ3v) is 36.8. The van der Waals surface area contributed by atoms with Crippen LogP contribution in [0.1, 0.15) is 237 Å². The van der Waals surface area contributed by atoms with Gasteiger partial charge in [-0.15, -0.1) is 12.4 Å². The van der Waals surface area contributed by atoms with Crippen molar-refractivity contribution in [3.05, 3.63) is 313 Å². The van der Waals surface area contributed by atoms with Gasteiger partial charge in [-0.1, -0.05) is 308 Å². The predicted molar refractivity (Wildman–Crippen MR) is 632 cm³/mol. The van der Waals surface area contributed by atoms with E-state index in [9.17, 15) is 29.4 Å². The number of aromatic hydroxyl groups is 2. The molecule has 10 aromatic carbocycles. The van der Waals surface area contributed by atoms with Crippen LogP contribution < -0.4 is 41.3 Å². The monoisotopic (exact) mass is 2620 g/mol. The summed E-state index contributed by atoms with van der Waals surface area (Å²) in [7, 11) is 13.0. The van der Waals surface area contributed by atoms with Gasteiger partial charge in [-0.25, -0.2) is 0 Å². The number of allylic oxidation sites excluding steroid dienone is 8. The van der Waals surface area contributed by atoms with Crippen LogP contribution in [0.5, 0.6) is 23.0 Å². The second-order valence-electron chi connectivity index (χ2n) is 37.8. The first kappa shape index (κ1) is 128. The number of phenols is 2. The number of ether oxygens (including phenoxy) is 4. The molecule has 8 aliphatic rings. The molecule has 143 heavy (non-hydrogen) atoms. The minimum Gasteiger partial charge on any atom is -0.0622 e. The van der Waals surface area contributed by atoms with E-state index in [4.69, 9.17) is 43.1 Å². The first-order valence-electron chi connectivity index (χ1n) is 47.8. The molecule has 0 amide bonds. The summed E-state index contributed by atoms with van der Waals surface area (Å²) in [5.74, 6) is 3.25. The maximum Gasteiger partial charge on any atom is -0.0134 e. The second kappa shape index (κ2) is 62.1. The average molecular weight is 2630 g/mol. The van der Waals surface area contributed by atoms with Crippen molar-refractivity contribution in [3.63, 3.8) is 0 Å². The van der Waals surface area contributed by atoms with Crippen LogP contribution in [0.15, 0.2) is 269 Å². The van der Waals surface area contributed by atoms with Crippen molar-refractivity contribution in [2.24, 2.45) is 21.7 Å². The smallest absolute Gasteiger partial charge is 0.0134 e. The standard InChI is InChI=1S/C20H25BrO3.C19H22Br2O3.C18H21BrO2.2C18H15P.C17H18Br2O2.CH4O.3CH4.4CH3.3ClH.H2O.Pd.Sn/c1-4-5-9-20-10-8-15-14(18(20)13(2)16(22)11-20)6-7-17(19(15)21)24-12-23-3;1-3-4-8-19-9-7-13-12(16(19)18(21)14(22)10-19)5-6-15(17(13)20)24-11-23-2;1-3-4-8-18-9-7-13-12(5-6-14(20)17(13)19)16(18)11(2)15(21)10-18;2*1-4-10-16(11-5-1)19(17-12-6-2-7-13-17)18-14-8-3-9-15-18;1-2-3-7-17-8-6-11-10(4-5-12(20)15(11)18)14(17)16(19)13(21)9-17;1-2;;;;;;;;;;;;;/h6-7H,4-5,8-12H2,1-3H3;5-6H,3-4,7-11H2,1-2H3;5-6,20H,3-4,7-10H2,1-2H3;2*1-15H;4-5,20H,2-3,6-9H2,1H3;2H,1H3;3*1H4;4*1H3;3*1H;1H2;;/q;;;;;;;;;;;;;;;;;;+2;/p-2. The molecule has 778 valence electrons. The van der Waals surface area contributed by atoms with E-state index in [-0.39, 0.29) is 114 Å². The maximum atomic E-state index is 12.5. The Bertz CT molecular complexity index is 5380. The number of carbonyl (C=O) groups excluding carboxylic acids is 4. The summed E-state index contributed by atoms with van der Waals surface area (Å²) in [6.07, 6.45) is 24.1. The first-order valence-corrected chi connectivity index (χ1v) is 70.7. The molecular formula is C118H147Br6Cl3O12P2PdSn. The molecule has 0 saturated carbocycles. The Morgan fingerprint density at radius 1 is 0.357 bits per heavy atom. The number of benzene rings is 10. The molecule has 25 heteroatoms. The zero-order valence-corrected chi connectivity index (χ0v) is 101. The Balaban J connectivity index is 0.000000295. The molecule has 0 radical (unpaired) electrons. The first-order chi connectivity index (χ1) is 66.4. The molecule has 4 atom stereocenters. The number of fused-ring (bicyclic) bond motifs is 12. The number of hydrogen-bond donors (Lipinski definition) is 3. The molecular weight excluding hydrogens is 2480 g/mol. The van der Waals surface area contributed by atoms with Gasteiger partial charge in [0.2, 0.25) is 0 Å². The topological polar surface area (TPSA) is 197 Å². The molecule has 10 aromatic rings.